The van der Waals surface area contributed by atoms with Crippen molar-refractivity contribution in [2.45, 2.75) is 38.5 Å². The van der Waals surface area contributed by atoms with Gasteiger partial charge in [-0.3, -0.25) is 4.18 Å². The van der Waals surface area contributed by atoms with Crippen LogP contribution in [0.2, 0.25) is 0 Å². The smallest absolute Gasteiger partial charge is 0.344 e. The maximum absolute atomic E-state index is 12.2. The summed E-state index contributed by atoms with van der Waals surface area (Å²) in [5.41, 5.74) is 2.93. The number of hydrogen-bond acceptors (Lipinski definition) is 6. The zero-order valence-electron chi connectivity index (χ0n) is 16.4. The third-order valence-corrected chi connectivity index (χ3v) is 5.37. The lowest BCUT2D eigenvalue weighted by Crippen LogP contribution is -2.15. The Labute approximate surface area is 166 Å². The molecule has 0 aliphatic rings. The van der Waals surface area contributed by atoms with Gasteiger partial charge >= 0.3 is 5.97 Å². The van der Waals surface area contributed by atoms with Gasteiger partial charge in [-0.2, -0.15) is 8.42 Å². The SMILES string of the molecule is CCOC(=O)COc1ccc(CCCOS(=O)(=O)c2ccc(C)cc2)cc1C. The fourth-order valence-corrected chi connectivity index (χ4v) is 3.53. The molecule has 0 heterocycles. The molecule has 0 spiro atoms. The molecular formula is C21H26O6S. The topological polar surface area (TPSA) is 78.9 Å². The predicted molar refractivity (Wildman–Crippen MR) is 106 cm³/mol. The number of esters is 1. The van der Waals surface area contributed by atoms with Gasteiger partial charge in [-0.05, 0) is 62.9 Å². The fraction of sp³-hybridized carbons (Fsp3) is 0.381. The number of carbonyl (C=O) groups is 1. The molecule has 0 aromatic heterocycles. The van der Waals surface area contributed by atoms with Crippen LogP contribution in [0.15, 0.2) is 47.4 Å². The Bertz CT molecular complexity index is 888. The largest absolute Gasteiger partial charge is 0.482 e. The van der Waals surface area contributed by atoms with E-state index in [1.54, 1.807) is 37.3 Å². The minimum atomic E-state index is -3.73. The number of rotatable bonds is 10. The first-order chi connectivity index (χ1) is 13.3. The van der Waals surface area contributed by atoms with Gasteiger partial charge in [-0.15, -0.1) is 0 Å². The van der Waals surface area contributed by atoms with E-state index in [1.165, 1.54) is 0 Å². The van der Waals surface area contributed by atoms with Gasteiger partial charge in [0.05, 0.1) is 18.1 Å². The van der Waals surface area contributed by atoms with Crippen molar-refractivity contribution < 1.29 is 26.9 Å². The van der Waals surface area contributed by atoms with Crippen molar-refractivity contribution in [1.29, 1.82) is 0 Å². The summed E-state index contributed by atoms with van der Waals surface area (Å²) in [6.07, 6.45) is 1.23. The average Bonchev–Trinajstić information content (AvgIpc) is 2.65. The van der Waals surface area contributed by atoms with Crippen molar-refractivity contribution in [1.82, 2.24) is 0 Å². The van der Waals surface area contributed by atoms with E-state index < -0.39 is 16.1 Å². The summed E-state index contributed by atoms with van der Waals surface area (Å²) in [5, 5.41) is 0. The first-order valence-electron chi connectivity index (χ1n) is 9.16. The molecule has 2 aromatic rings. The second kappa shape index (κ2) is 10.2. The molecule has 7 heteroatoms. The number of aryl methyl sites for hydroxylation is 3. The predicted octanol–water partition coefficient (Wildman–Crippen LogP) is 3.58. The highest BCUT2D eigenvalue weighted by molar-refractivity contribution is 7.86. The molecule has 0 amide bonds. The van der Waals surface area contributed by atoms with Gasteiger partial charge in [0.1, 0.15) is 5.75 Å². The Balaban J connectivity index is 1.82. The zero-order valence-corrected chi connectivity index (χ0v) is 17.3. The van der Waals surface area contributed by atoms with Crippen LogP contribution in [-0.4, -0.2) is 34.2 Å². The summed E-state index contributed by atoms with van der Waals surface area (Å²) < 4.78 is 39.7. The minimum Gasteiger partial charge on any atom is -0.482 e. The molecule has 0 unspecified atom stereocenters. The molecule has 0 aliphatic heterocycles. The van der Waals surface area contributed by atoms with Crippen molar-refractivity contribution in [2.75, 3.05) is 19.8 Å². The molecule has 6 nitrogen and oxygen atoms in total. The van der Waals surface area contributed by atoms with Crippen molar-refractivity contribution in [3.8, 4) is 5.75 Å². The Morgan fingerprint density at radius 3 is 2.39 bits per heavy atom. The fourth-order valence-electron chi connectivity index (χ4n) is 2.59. The van der Waals surface area contributed by atoms with E-state index in [1.807, 2.05) is 26.0 Å². The van der Waals surface area contributed by atoms with Crippen LogP contribution in [0.3, 0.4) is 0 Å². The van der Waals surface area contributed by atoms with E-state index >= 15 is 0 Å². The summed E-state index contributed by atoms with van der Waals surface area (Å²) in [6, 6.07) is 12.2. The van der Waals surface area contributed by atoms with E-state index in [0.29, 0.717) is 25.2 Å². The summed E-state index contributed by atoms with van der Waals surface area (Å²) in [5.74, 6) is 0.216. The van der Waals surface area contributed by atoms with Crippen LogP contribution in [0.25, 0.3) is 0 Å². The zero-order chi connectivity index (χ0) is 20.6. The summed E-state index contributed by atoms with van der Waals surface area (Å²) in [7, 11) is -3.73. The third kappa shape index (κ3) is 6.65. The highest BCUT2D eigenvalue weighted by Gasteiger charge is 2.14. The molecular weight excluding hydrogens is 380 g/mol. The normalized spacial score (nSPS) is 11.2. The lowest BCUT2D eigenvalue weighted by molar-refractivity contribution is -0.145. The summed E-state index contributed by atoms with van der Waals surface area (Å²) >= 11 is 0. The number of hydrogen-bond donors (Lipinski definition) is 0. The van der Waals surface area contributed by atoms with Crippen LogP contribution in [-0.2, 0) is 30.3 Å². The van der Waals surface area contributed by atoms with Crippen LogP contribution < -0.4 is 4.74 Å². The lowest BCUT2D eigenvalue weighted by atomic mass is 10.1. The molecule has 28 heavy (non-hydrogen) atoms. The van der Waals surface area contributed by atoms with Crippen LogP contribution in [0.5, 0.6) is 5.75 Å². The molecule has 2 aromatic carbocycles. The molecule has 0 fully saturated rings. The van der Waals surface area contributed by atoms with E-state index in [2.05, 4.69) is 0 Å². The van der Waals surface area contributed by atoms with E-state index in [4.69, 9.17) is 13.7 Å². The van der Waals surface area contributed by atoms with Gasteiger partial charge in [-0.25, -0.2) is 4.79 Å². The molecule has 0 radical (unpaired) electrons. The maximum Gasteiger partial charge on any atom is 0.344 e. The maximum atomic E-state index is 12.2. The van der Waals surface area contributed by atoms with Crippen LogP contribution >= 0.6 is 0 Å². The number of ether oxygens (including phenoxy) is 2. The first-order valence-corrected chi connectivity index (χ1v) is 10.6. The van der Waals surface area contributed by atoms with Crippen molar-refractivity contribution >= 4 is 16.1 Å². The van der Waals surface area contributed by atoms with Crippen LogP contribution in [0.4, 0.5) is 0 Å². The standard InChI is InChI=1S/C21H26O6S/c1-4-25-21(22)15-26-20-12-9-18(14-17(20)3)6-5-13-27-28(23,24)19-10-7-16(2)8-11-19/h7-12,14H,4-6,13,15H2,1-3H3. The molecule has 0 N–H and O–H groups in total. The lowest BCUT2D eigenvalue weighted by Gasteiger charge is -2.10. The van der Waals surface area contributed by atoms with Crippen LogP contribution in [0, 0.1) is 13.8 Å². The van der Waals surface area contributed by atoms with Crippen molar-refractivity contribution in [2.24, 2.45) is 0 Å². The van der Waals surface area contributed by atoms with Gasteiger partial charge in [0.2, 0.25) is 0 Å². The van der Waals surface area contributed by atoms with E-state index in [-0.39, 0.29) is 18.1 Å². The quantitative estimate of drug-likeness (QED) is 0.341. The van der Waals surface area contributed by atoms with Crippen molar-refractivity contribution in [3.05, 3.63) is 59.2 Å². The van der Waals surface area contributed by atoms with Crippen molar-refractivity contribution in [3.63, 3.8) is 0 Å². The molecule has 152 valence electrons. The molecule has 2 rings (SSSR count). The van der Waals surface area contributed by atoms with Gasteiger partial charge in [0, 0.05) is 0 Å². The Hall–Kier alpha value is -2.38. The first kappa shape index (κ1) is 21.9. The second-order valence-electron chi connectivity index (χ2n) is 6.39. The molecule has 0 saturated carbocycles. The van der Waals surface area contributed by atoms with Gasteiger partial charge in [-0.1, -0.05) is 29.8 Å². The minimum absolute atomic E-state index is 0.108. The van der Waals surface area contributed by atoms with E-state index in [9.17, 15) is 13.2 Å². The molecule has 0 aliphatic carbocycles. The Morgan fingerprint density at radius 2 is 1.75 bits per heavy atom. The van der Waals surface area contributed by atoms with Gasteiger partial charge in [0.25, 0.3) is 10.1 Å². The molecule has 0 bridgehead atoms. The Morgan fingerprint density at radius 1 is 1.04 bits per heavy atom. The summed E-state index contributed by atoms with van der Waals surface area (Å²) in [4.78, 5) is 11.5. The van der Waals surface area contributed by atoms with Gasteiger partial charge < -0.3 is 9.47 Å². The molecule has 0 saturated heterocycles. The second-order valence-corrected chi connectivity index (χ2v) is 8.00. The summed E-state index contributed by atoms with van der Waals surface area (Å²) in [6.45, 7) is 5.83. The third-order valence-electron chi connectivity index (χ3n) is 4.05. The monoisotopic (exact) mass is 406 g/mol. The average molecular weight is 407 g/mol. The number of benzene rings is 2. The molecule has 0 atom stereocenters. The highest BCUT2D eigenvalue weighted by Crippen LogP contribution is 2.20. The van der Waals surface area contributed by atoms with E-state index in [0.717, 1.165) is 16.7 Å². The van der Waals surface area contributed by atoms with Gasteiger partial charge in [0.15, 0.2) is 6.61 Å². The highest BCUT2D eigenvalue weighted by atomic mass is 32.2. The Kier molecular flexibility index (Phi) is 8.02. The van der Waals surface area contributed by atoms with Crippen LogP contribution in [0.1, 0.15) is 30.0 Å². The number of carbonyl (C=O) groups excluding carboxylic acids is 1.